The number of ether oxygens (including phenoxy) is 2. The Labute approximate surface area is 66.9 Å². The number of hydrogen-bond donors (Lipinski definition) is 1. The topological polar surface area (TPSA) is 47.6 Å². The number of carbonyl (C=O) groups is 1. The lowest BCUT2D eigenvalue weighted by atomic mass is 10.5. The largest absolute Gasteiger partial charge is 0.447 e. The van der Waals surface area contributed by atoms with Crippen molar-refractivity contribution in [3.63, 3.8) is 0 Å². The molecule has 0 aliphatic rings. The fraction of sp³-hybridized carbons (Fsp3) is 0.857. The van der Waals surface area contributed by atoms with Crippen LogP contribution in [0.25, 0.3) is 0 Å². The normalized spacial score (nSPS) is 9.82. The first-order valence-corrected chi connectivity index (χ1v) is 3.60. The van der Waals surface area contributed by atoms with E-state index in [1.165, 1.54) is 0 Å². The summed E-state index contributed by atoms with van der Waals surface area (Å²) < 4.78 is 9.52. The van der Waals surface area contributed by atoms with E-state index in [1.807, 2.05) is 0 Å². The zero-order chi connectivity index (χ0) is 8.69. The summed E-state index contributed by atoms with van der Waals surface area (Å²) in [6, 6.07) is 0. The van der Waals surface area contributed by atoms with Crippen LogP contribution >= 0.6 is 0 Å². The first kappa shape index (κ1) is 10.2. The van der Waals surface area contributed by atoms with Crippen molar-refractivity contribution in [3.8, 4) is 0 Å². The summed E-state index contributed by atoms with van der Waals surface area (Å²) in [4.78, 5) is 10.7. The highest BCUT2D eigenvalue weighted by atomic mass is 16.6. The molecule has 0 spiro atoms. The van der Waals surface area contributed by atoms with Crippen molar-refractivity contribution in [3.05, 3.63) is 0 Å². The Morgan fingerprint density at radius 1 is 1.55 bits per heavy atom. The molecular weight excluding hydrogens is 146 g/mol. The van der Waals surface area contributed by atoms with Crippen LogP contribution in [0.2, 0.25) is 0 Å². The average Bonchev–Trinajstić information content (AvgIpc) is 1.86. The van der Waals surface area contributed by atoms with E-state index in [0.29, 0.717) is 13.2 Å². The van der Waals surface area contributed by atoms with Crippen LogP contribution in [0.5, 0.6) is 0 Å². The molecule has 0 heterocycles. The minimum atomic E-state index is -0.392. The van der Waals surface area contributed by atoms with E-state index in [-0.39, 0.29) is 6.10 Å². The fourth-order valence-corrected chi connectivity index (χ4v) is 0.511. The third-order valence-electron chi connectivity index (χ3n) is 0.918. The van der Waals surface area contributed by atoms with Crippen LogP contribution in [-0.2, 0) is 9.47 Å². The average molecular weight is 161 g/mol. The molecule has 0 saturated heterocycles. The van der Waals surface area contributed by atoms with Gasteiger partial charge >= 0.3 is 6.09 Å². The fourth-order valence-electron chi connectivity index (χ4n) is 0.511. The summed E-state index contributed by atoms with van der Waals surface area (Å²) in [5.74, 6) is 0. The zero-order valence-corrected chi connectivity index (χ0v) is 7.22. The molecule has 0 aliphatic carbocycles. The van der Waals surface area contributed by atoms with Crippen LogP contribution in [0.1, 0.15) is 13.8 Å². The van der Waals surface area contributed by atoms with E-state index in [4.69, 9.17) is 9.47 Å². The van der Waals surface area contributed by atoms with Gasteiger partial charge < -0.3 is 14.8 Å². The number of methoxy groups -OCH3 is 1. The second-order valence-electron chi connectivity index (χ2n) is 2.37. The maximum atomic E-state index is 10.7. The summed E-state index contributed by atoms with van der Waals surface area (Å²) in [5, 5.41) is 2.53. The molecule has 1 amide bonds. The molecule has 0 radical (unpaired) electrons. The van der Waals surface area contributed by atoms with E-state index in [1.54, 1.807) is 21.0 Å². The maximum absolute atomic E-state index is 10.7. The maximum Gasteiger partial charge on any atom is 0.407 e. The van der Waals surface area contributed by atoms with Crippen LogP contribution in [0.4, 0.5) is 4.79 Å². The Balaban J connectivity index is 3.23. The van der Waals surface area contributed by atoms with Gasteiger partial charge in [0.05, 0.1) is 12.7 Å². The predicted molar refractivity (Wildman–Crippen MR) is 41.5 cm³/mol. The van der Waals surface area contributed by atoms with Gasteiger partial charge in [-0.1, -0.05) is 0 Å². The molecule has 0 atom stereocenters. The van der Waals surface area contributed by atoms with Crippen LogP contribution in [0.3, 0.4) is 0 Å². The van der Waals surface area contributed by atoms with Crippen molar-refractivity contribution in [2.24, 2.45) is 0 Å². The third-order valence-corrected chi connectivity index (χ3v) is 0.918. The lowest BCUT2D eigenvalue weighted by Gasteiger charge is -2.08. The lowest BCUT2D eigenvalue weighted by molar-refractivity contribution is 0.111. The van der Waals surface area contributed by atoms with Crippen molar-refractivity contribution in [2.75, 3.05) is 20.3 Å². The SMILES string of the molecule is COCCNC(=O)OC(C)C. The van der Waals surface area contributed by atoms with Gasteiger partial charge in [0.25, 0.3) is 0 Å². The number of rotatable bonds is 4. The molecule has 0 aliphatic heterocycles. The molecule has 0 bridgehead atoms. The zero-order valence-electron chi connectivity index (χ0n) is 7.22. The van der Waals surface area contributed by atoms with Gasteiger partial charge in [-0.3, -0.25) is 0 Å². The number of amides is 1. The van der Waals surface area contributed by atoms with Gasteiger partial charge in [0, 0.05) is 13.7 Å². The van der Waals surface area contributed by atoms with Crippen molar-refractivity contribution in [1.29, 1.82) is 0 Å². The molecule has 0 fully saturated rings. The quantitative estimate of drug-likeness (QED) is 0.619. The smallest absolute Gasteiger partial charge is 0.407 e. The summed E-state index contributed by atoms with van der Waals surface area (Å²) in [7, 11) is 1.58. The Bertz CT molecular complexity index is 114. The number of carbonyl (C=O) groups excluding carboxylic acids is 1. The second kappa shape index (κ2) is 5.97. The van der Waals surface area contributed by atoms with Gasteiger partial charge in [0.15, 0.2) is 0 Å². The highest BCUT2D eigenvalue weighted by Crippen LogP contribution is 1.86. The van der Waals surface area contributed by atoms with Crippen molar-refractivity contribution >= 4 is 6.09 Å². The van der Waals surface area contributed by atoms with Gasteiger partial charge in [-0.25, -0.2) is 4.79 Å². The molecule has 1 N–H and O–H groups in total. The number of nitrogens with one attached hydrogen (secondary N) is 1. The van der Waals surface area contributed by atoms with E-state index in [0.717, 1.165) is 0 Å². The second-order valence-corrected chi connectivity index (χ2v) is 2.37. The predicted octanol–water partition coefficient (Wildman–Crippen LogP) is 0.767. The lowest BCUT2D eigenvalue weighted by Crippen LogP contribution is -2.29. The van der Waals surface area contributed by atoms with Gasteiger partial charge in [0.1, 0.15) is 0 Å². The van der Waals surface area contributed by atoms with Crippen LogP contribution in [0, 0.1) is 0 Å². The van der Waals surface area contributed by atoms with Gasteiger partial charge in [-0.05, 0) is 13.8 Å². The molecular formula is C7H15NO3. The highest BCUT2D eigenvalue weighted by Gasteiger charge is 2.01. The Hall–Kier alpha value is -0.770. The first-order chi connectivity index (χ1) is 5.16. The summed E-state index contributed by atoms with van der Waals surface area (Å²) in [6.45, 7) is 4.60. The molecule has 0 rings (SSSR count). The van der Waals surface area contributed by atoms with Crippen LogP contribution < -0.4 is 5.32 Å². The molecule has 4 heteroatoms. The summed E-state index contributed by atoms with van der Waals surface area (Å²) >= 11 is 0. The van der Waals surface area contributed by atoms with E-state index >= 15 is 0 Å². The van der Waals surface area contributed by atoms with Gasteiger partial charge in [-0.2, -0.15) is 0 Å². The Morgan fingerprint density at radius 3 is 2.64 bits per heavy atom. The number of hydrogen-bond acceptors (Lipinski definition) is 3. The molecule has 0 saturated carbocycles. The van der Waals surface area contributed by atoms with E-state index in [2.05, 4.69) is 5.32 Å². The minimum absolute atomic E-state index is 0.0717. The van der Waals surface area contributed by atoms with Crippen molar-refractivity contribution in [2.45, 2.75) is 20.0 Å². The molecule has 0 aromatic carbocycles. The van der Waals surface area contributed by atoms with Crippen LogP contribution in [-0.4, -0.2) is 32.5 Å². The monoisotopic (exact) mass is 161 g/mol. The Morgan fingerprint density at radius 2 is 2.18 bits per heavy atom. The first-order valence-electron chi connectivity index (χ1n) is 3.60. The molecule has 11 heavy (non-hydrogen) atoms. The molecule has 4 nitrogen and oxygen atoms in total. The summed E-state index contributed by atoms with van der Waals surface area (Å²) in [6.07, 6.45) is -0.463. The standard InChI is InChI=1S/C7H15NO3/c1-6(2)11-7(9)8-4-5-10-3/h6H,4-5H2,1-3H3,(H,8,9). The molecule has 0 unspecified atom stereocenters. The van der Waals surface area contributed by atoms with Gasteiger partial charge in [-0.15, -0.1) is 0 Å². The highest BCUT2D eigenvalue weighted by molar-refractivity contribution is 5.67. The number of alkyl carbamates (subject to hydrolysis) is 1. The Kier molecular flexibility index (Phi) is 5.56. The molecule has 66 valence electrons. The third kappa shape index (κ3) is 7.12. The molecule has 0 aromatic rings. The van der Waals surface area contributed by atoms with Crippen LogP contribution in [0.15, 0.2) is 0 Å². The minimum Gasteiger partial charge on any atom is -0.447 e. The van der Waals surface area contributed by atoms with Crippen molar-refractivity contribution in [1.82, 2.24) is 5.32 Å². The van der Waals surface area contributed by atoms with E-state index < -0.39 is 6.09 Å². The van der Waals surface area contributed by atoms with Crippen molar-refractivity contribution < 1.29 is 14.3 Å². The molecule has 0 aromatic heterocycles. The summed E-state index contributed by atoms with van der Waals surface area (Å²) in [5.41, 5.74) is 0. The van der Waals surface area contributed by atoms with Gasteiger partial charge in [0.2, 0.25) is 0 Å². The van der Waals surface area contributed by atoms with E-state index in [9.17, 15) is 4.79 Å².